The third kappa shape index (κ3) is 2.25. The third-order valence-corrected chi connectivity index (χ3v) is 3.52. The first kappa shape index (κ1) is 12.7. The molecule has 3 aromatic carbocycles. The first-order valence-electron chi connectivity index (χ1n) is 6.84. The second-order valence-electron chi connectivity index (χ2n) is 4.78. The van der Waals surface area contributed by atoms with Crippen LogP contribution in [0.15, 0.2) is 54.6 Å². The number of esters is 1. The fourth-order valence-electron chi connectivity index (χ4n) is 2.63. The van der Waals surface area contributed by atoms with Gasteiger partial charge in [0.15, 0.2) is 0 Å². The van der Waals surface area contributed by atoms with Crippen molar-refractivity contribution in [2.24, 2.45) is 0 Å². The molecule has 0 aliphatic rings. The Hall–Kier alpha value is -2.35. The zero-order chi connectivity index (χ0) is 13.9. The highest BCUT2D eigenvalue weighted by atomic mass is 16.5. The van der Waals surface area contributed by atoms with Crippen molar-refractivity contribution in [3.63, 3.8) is 0 Å². The van der Waals surface area contributed by atoms with Crippen LogP contribution in [0.4, 0.5) is 0 Å². The summed E-state index contributed by atoms with van der Waals surface area (Å²) in [6.45, 7) is 2.25. The summed E-state index contributed by atoms with van der Waals surface area (Å²) in [5, 5.41) is 4.74. The van der Waals surface area contributed by atoms with Gasteiger partial charge in [-0.05, 0) is 34.0 Å². The number of hydrogen-bond donors (Lipinski definition) is 0. The molecule has 0 spiro atoms. The summed E-state index contributed by atoms with van der Waals surface area (Å²) < 4.78 is 5.04. The number of fused-ring (bicyclic) bond motifs is 3. The smallest absolute Gasteiger partial charge is 0.310 e. The summed E-state index contributed by atoms with van der Waals surface area (Å²) in [5.74, 6) is -0.173. The Kier molecular flexibility index (Phi) is 3.38. The lowest BCUT2D eigenvalue weighted by molar-refractivity contribution is -0.142. The summed E-state index contributed by atoms with van der Waals surface area (Å²) in [7, 11) is 0. The maximum atomic E-state index is 11.7. The molecule has 0 bridgehead atoms. The number of carbonyl (C=O) groups excluding carboxylic acids is 1. The van der Waals surface area contributed by atoms with Gasteiger partial charge in [0.25, 0.3) is 0 Å². The van der Waals surface area contributed by atoms with E-state index in [1.165, 1.54) is 16.2 Å². The van der Waals surface area contributed by atoms with Crippen LogP contribution in [0.25, 0.3) is 21.5 Å². The number of carbonyl (C=O) groups is 1. The first-order chi connectivity index (χ1) is 9.79. The van der Waals surface area contributed by atoms with Gasteiger partial charge < -0.3 is 4.74 Å². The lowest BCUT2D eigenvalue weighted by Crippen LogP contribution is -2.07. The predicted octanol–water partition coefficient (Wildman–Crippen LogP) is 4.10. The highest BCUT2D eigenvalue weighted by Crippen LogP contribution is 2.27. The average Bonchev–Trinajstić information content (AvgIpc) is 2.47. The summed E-state index contributed by atoms with van der Waals surface area (Å²) in [5.41, 5.74) is 1.02. The topological polar surface area (TPSA) is 26.3 Å². The van der Waals surface area contributed by atoms with Gasteiger partial charge >= 0.3 is 5.97 Å². The van der Waals surface area contributed by atoms with Crippen molar-refractivity contribution in [1.29, 1.82) is 0 Å². The Morgan fingerprint density at radius 3 is 2.55 bits per heavy atom. The SMILES string of the molecule is CCOC(=O)Cc1cccc2c1ccc1ccccc12. The molecule has 2 heteroatoms. The molecule has 0 amide bonds. The van der Waals surface area contributed by atoms with Crippen molar-refractivity contribution in [3.05, 3.63) is 60.2 Å². The Morgan fingerprint density at radius 1 is 0.900 bits per heavy atom. The summed E-state index contributed by atoms with van der Waals surface area (Å²) in [6, 6.07) is 18.6. The first-order valence-corrected chi connectivity index (χ1v) is 6.84. The van der Waals surface area contributed by atoms with E-state index in [1.54, 1.807) is 0 Å². The van der Waals surface area contributed by atoms with Crippen LogP contribution in [-0.2, 0) is 16.0 Å². The molecule has 0 aliphatic carbocycles. The molecule has 0 heterocycles. The van der Waals surface area contributed by atoms with Crippen molar-refractivity contribution < 1.29 is 9.53 Å². The summed E-state index contributed by atoms with van der Waals surface area (Å²) in [4.78, 5) is 11.7. The zero-order valence-electron chi connectivity index (χ0n) is 11.4. The fraction of sp³-hybridized carbons (Fsp3) is 0.167. The van der Waals surface area contributed by atoms with E-state index < -0.39 is 0 Å². The molecule has 0 unspecified atom stereocenters. The van der Waals surface area contributed by atoms with E-state index in [-0.39, 0.29) is 5.97 Å². The third-order valence-electron chi connectivity index (χ3n) is 3.52. The molecule has 100 valence electrons. The quantitative estimate of drug-likeness (QED) is 0.526. The molecular weight excluding hydrogens is 248 g/mol. The minimum Gasteiger partial charge on any atom is -0.466 e. The van der Waals surface area contributed by atoms with Crippen LogP contribution in [0, 0.1) is 0 Å². The van der Waals surface area contributed by atoms with Gasteiger partial charge in [0.2, 0.25) is 0 Å². The molecule has 0 fully saturated rings. The minimum absolute atomic E-state index is 0.173. The Labute approximate surface area is 118 Å². The van der Waals surface area contributed by atoms with E-state index in [1.807, 2.05) is 31.2 Å². The second kappa shape index (κ2) is 5.33. The molecule has 0 atom stereocenters. The average molecular weight is 264 g/mol. The van der Waals surface area contributed by atoms with Crippen LogP contribution in [0.2, 0.25) is 0 Å². The van der Waals surface area contributed by atoms with E-state index >= 15 is 0 Å². The Balaban J connectivity index is 2.15. The molecule has 0 saturated heterocycles. The van der Waals surface area contributed by atoms with Gasteiger partial charge in [0, 0.05) is 0 Å². The lowest BCUT2D eigenvalue weighted by Gasteiger charge is -2.09. The highest BCUT2D eigenvalue weighted by Gasteiger charge is 2.09. The van der Waals surface area contributed by atoms with Gasteiger partial charge in [-0.15, -0.1) is 0 Å². The van der Waals surface area contributed by atoms with Crippen LogP contribution in [-0.4, -0.2) is 12.6 Å². The largest absolute Gasteiger partial charge is 0.466 e. The minimum atomic E-state index is -0.173. The summed E-state index contributed by atoms with van der Waals surface area (Å²) in [6.07, 6.45) is 0.323. The predicted molar refractivity (Wildman–Crippen MR) is 81.8 cm³/mol. The molecule has 20 heavy (non-hydrogen) atoms. The highest BCUT2D eigenvalue weighted by molar-refractivity contribution is 6.08. The second-order valence-corrected chi connectivity index (χ2v) is 4.78. The monoisotopic (exact) mass is 264 g/mol. The molecule has 0 saturated carbocycles. The van der Waals surface area contributed by atoms with Crippen LogP contribution in [0.3, 0.4) is 0 Å². The number of benzene rings is 3. The number of ether oxygens (including phenoxy) is 1. The van der Waals surface area contributed by atoms with Crippen molar-refractivity contribution in [2.45, 2.75) is 13.3 Å². The fourth-order valence-corrected chi connectivity index (χ4v) is 2.63. The molecule has 0 aromatic heterocycles. The van der Waals surface area contributed by atoms with Gasteiger partial charge in [-0.1, -0.05) is 54.6 Å². The summed E-state index contributed by atoms with van der Waals surface area (Å²) >= 11 is 0. The van der Waals surface area contributed by atoms with Crippen LogP contribution in [0.1, 0.15) is 12.5 Å². The van der Waals surface area contributed by atoms with Crippen molar-refractivity contribution in [3.8, 4) is 0 Å². The standard InChI is InChI=1S/C18H16O2/c1-2-20-18(19)12-14-7-5-9-17-15-8-4-3-6-13(15)10-11-16(14)17/h3-11H,2,12H2,1H3. The van der Waals surface area contributed by atoms with E-state index in [4.69, 9.17) is 4.74 Å². The molecule has 0 aliphatic heterocycles. The molecule has 0 radical (unpaired) electrons. The van der Waals surface area contributed by atoms with Gasteiger partial charge in [-0.2, -0.15) is 0 Å². The van der Waals surface area contributed by atoms with Crippen molar-refractivity contribution in [1.82, 2.24) is 0 Å². The molecule has 3 aromatic rings. The van der Waals surface area contributed by atoms with E-state index in [2.05, 4.69) is 30.3 Å². The normalized spacial score (nSPS) is 10.8. The van der Waals surface area contributed by atoms with Crippen LogP contribution in [0.5, 0.6) is 0 Å². The van der Waals surface area contributed by atoms with Crippen LogP contribution < -0.4 is 0 Å². The number of hydrogen-bond acceptors (Lipinski definition) is 2. The molecule has 0 N–H and O–H groups in total. The zero-order valence-corrected chi connectivity index (χ0v) is 11.4. The van der Waals surface area contributed by atoms with E-state index in [0.717, 1.165) is 10.9 Å². The number of rotatable bonds is 3. The lowest BCUT2D eigenvalue weighted by atomic mass is 9.97. The van der Waals surface area contributed by atoms with Gasteiger partial charge in [-0.25, -0.2) is 0 Å². The Bertz CT molecular complexity index is 775. The van der Waals surface area contributed by atoms with Crippen molar-refractivity contribution >= 4 is 27.5 Å². The Morgan fingerprint density at radius 2 is 1.70 bits per heavy atom. The molecule has 3 rings (SSSR count). The van der Waals surface area contributed by atoms with Crippen LogP contribution >= 0.6 is 0 Å². The van der Waals surface area contributed by atoms with Gasteiger partial charge in [-0.3, -0.25) is 4.79 Å². The maximum absolute atomic E-state index is 11.7. The van der Waals surface area contributed by atoms with Gasteiger partial charge in [0.05, 0.1) is 13.0 Å². The molecular formula is C18H16O2. The van der Waals surface area contributed by atoms with Crippen molar-refractivity contribution in [2.75, 3.05) is 6.61 Å². The van der Waals surface area contributed by atoms with E-state index in [9.17, 15) is 4.79 Å². The molecule has 2 nitrogen and oxygen atoms in total. The van der Waals surface area contributed by atoms with Gasteiger partial charge in [0.1, 0.15) is 0 Å². The van der Waals surface area contributed by atoms with E-state index in [0.29, 0.717) is 13.0 Å². The maximum Gasteiger partial charge on any atom is 0.310 e.